The molecule has 1 aliphatic heterocycles. The molecule has 0 aromatic carbocycles. The van der Waals surface area contributed by atoms with E-state index in [4.69, 9.17) is 5.73 Å². The van der Waals surface area contributed by atoms with E-state index in [9.17, 15) is 0 Å². The van der Waals surface area contributed by atoms with Gasteiger partial charge in [-0.3, -0.25) is 4.99 Å². The fourth-order valence-electron chi connectivity index (χ4n) is 2.18. The molecule has 0 radical (unpaired) electrons. The minimum absolute atomic E-state index is 0.550. The van der Waals surface area contributed by atoms with Crippen LogP contribution >= 0.6 is 0 Å². The lowest BCUT2D eigenvalue weighted by molar-refractivity contribution is 0.455. The summed E-state index contributed by atoms with van der Waals surface area (Å²) in [4.78, 5) is 4.32. The van der Waals surface area contributed by atoms with E-state index in [1.54, 1.807) is 0 Å². The fraction of sp³-hybridized carbons (Fsp3) is 0.889. The lowest BCUT2D eigenvalue weighted by Crippen LogP contribution is -2.44. The van der Waals surface area contributed by atoms with Gasteiger partial charge >= 0.3 is 0 Å². The van der Waals surface area contributed by atoms with Crippen LogP contribution < -0.4 is 16.4 Å². The molecule has 13 heavy (non-hydrogen) atoms. The third-order valence-electron chi connectivity index (χ3n) is 2.96. The van der Waals surface area contributed by atoms with Crippen molar-refractivity contribution in [2.75, 3.05) is 19.6 Å². The Labute approximate surface area is 79.0 Å². The predicted octanol–water partition coefficient (Wildman–Crippen LogP) is -0.337. The van der Waals surface area contributed by atoms with Crippen LogP contribution in [-0.4, -0.2) is 31.6 Å². The van der Waals surface area contributed by atoms with Crippen LogP contribution in [0.15, 0.2) is 4.99 Å². The van der Waals surface area contributed by atoms with Crippen molar-refractivity contribution in [3.05, 3.63) is 0 Å². The van der Waals surface area contributed by atoms with Crippen molar-refractivity contribution in [3.8, 4) is 0 Å². The summed E-state index contributed by atoms with van der Waals surface area (Å²) >= 11 is 0. The number of nitrogens with one attached hydrogen (secondary N) is 2. The SMILES string of the molecule is NCC1CCCC1NC1=NCCN1. The number of guanidine groups is 1. The van der Waals surface area contributed by atoms with Crippen molar-refractivity contribution >= 4 is 5.96 Å². The summed E-state index contributed by atoms with van der Waals surface area (Å²) in [6.45, 7) is 2.68. The second-order valence-electron chi connectivity index (χ2n) is 3.83. The summed E-state index contributed by atoms with van der Waals surface area (Å²) < 4.78 is 0. The van der Waals surface area contributed by atoms with Gasteiger partial charge in [0, 0.05) is 12.6 Å². The first-order chi connectivity index (χ1) is 6.40. The summed E-state index contributed by atoms with van der Waals surface area (Å²) in [5.74, 6) is 1.62. The number of rotatable bonds is 2. The predicted molar refractivity (Wildman–Crippen MR) is 53.6 cm³/mol. The molecule has 74 valence electrons. The van der Waals surface area contributed by atoms with Gasteiger partial charge in [0.25, 0.3) is 0 Å². The minimum atomic E-state index is 0.550. The highest BCUT2D eigenvalue weighted by Gasteiger charge is 2.26. The maximum Gasteiger partial charge on any atom is 0.191 e. The lowest BCUT2D eigenvalue weighted by atomic mass is 10.0. The van der Waals surface area contributed by atoms with Crippen molar-refractivity contribution in [3.63, 3.8) is 0 Å². The Bertz CT molecular complexity index is 202. The Morgan fingerprint density at radius 3 is 3.15 bits per heavy atom. The lowest BCUT2D eigenvalue weighted by Gasteiger charge is -2.20. The Kier molecular flexibility index (Phi) is 2.68. The van der Waals surface area contributed by atoms with Crippen molar-refractivity contribution < 1.29 is 0 Å². The van der Waals surface area contributed by atoms with Crippen molar-refractivity contribution in [2.24, 2.45) is 16.6 Å². The average Bonchev–Trinajstić information content (AvgIpc) is 2.76. The molecule has 4 nitrogen and oxygen atoms in total. The van der Waals surface area contributed by atoms with Crippen LogP contribution in [0.25, 0.3) is 0 Å². The van der Waals surface area contributed by atoms with Crippen LogP contribution in [0.1, 0.15) is 19.3 Å². The average molecular weight is 182 g/mol. The molecule has 1 saturated carbocycles. The van der Waals surface area contributed by atoms with Gasteiger partial charge in [0.1, 0.15) is 0 Å². The summed E-state index contributed by atoms with van der Waals surface area (Å²) in [5.41, 5.74) is 5.70. The molecule has 1 fully saturated rings. The van der Waals surface area contributed by atoms with Gasteiger partial charge in [-0.1, -0.05) is 6.42 Å². The topological polar surface area (TPSA) is 62.4 Å². The van der Waals surface area contributed by atoms with Gasteiger partial charge in [-0.25, -0.2) is 0 Å². The van der Waals surface area contributed by atoms with Crippen molar-refractivity contribution in [1.29, 1.82) is 0 Å². The quantitative estimate of drug-likeness (QED) is 0.547. The molecule has 2 aliphatic rings. The molecule has 1 heterocycles. The smallest absolute Gasteiger partial charge is 0.191 e. The Morgan fingerprint density at radius 2 is 2.46 bits per heavy atom. The molecule has 1 aliphatic carbocycles. The zero-order valence-electron chi connectivity index (χ0n) is 7.92. The van der Waals surface area contributed by atoms with E-state index in [1.165, 1.54) is 19.3 Å². The molecule has 0 amide bonds. The van der Waals surface area contributed by atoms with E-state index in [2.05, 4.69) is 15.6 Å². The number of nitrogens with two attached hydrogens (primary N) is 1. The van der Waals surface area contributed by atoms with E-state index in [0.717, 1.165) is 25.6 Å². The molecule has 4 N–H and O–H groups in total. The van der Waals surface area contributed by atoms with Crippen LogP contribution in [0.4, 0.5) is 0 Å². The maximum atomic E-state index is 5.70. The molecule has 0 saturated heterocycles. The van der Waals surface area contributed by atoms with Gasteiger partial charge in [0.05, 0.1) is 6.54 Å². The summed E-state index contributed by atoms with van der Waals surface area (Å²) in [7, 11) is 0. The van der Waals surface area contributed by atoms with Gasteiger partial charge in [-0.2, -0.15) is 0 Å². The van der Waals surface area contributed by atoms with E-state index < -0.39 is 0 Å². The van der Waals surface area contributed by atoms with Gasteiger partial charge in [0.15, 0.2) is 5.96 Å². The van der Waals surface area contributed by atoms with Crippen molar-refractivity contribution in [2.45, 2.75) is 25.3 Å². The number of aliphatic imine (C=N–C) groups is 1. The van der Waals surface area contributed by atoms with Crippen LogP contribution in [0.3, 0.4) is 0 Å². The standard InChI is InChI=1S/C9H18N4/c10-6-7-2-1-3-8(7)13-9-11-4-5-12-9/h7-8H,1-6,10H2,(H2,11,12,13). The second-order valence-corrected chi connectivity index (χ2v) is 3.83. The van der Waals surface area contributed by atoms with E-state index in [1.807, 2.05) is 0 Å². The summed E-state index contributed by atoms with van der Waals surface area (Å²) in [6, 6.07) is 0.550. The number of hydrogen-bond acceptors (Lipinski definition) is 4. The molecule has 2 rings (SSSR count). The highest BCUT2D eigenvalue weighted by atomic mass is 15.2. The fourth-order valence-corrected chi connectivity index (χ4v) is 2.18. The zero-order valence-corrected chi connectivity index (χ0v) is 7.92. The third kappa shape index (κ3) is 1.94. The Balaban J connectivity index is 1.86. The normalized spacial score (nSPS) is 32.8. The van der Waals surface area contributed by atoms with E-state index in [0.29, 0.717) is 12.0 Å². The van der Waals surface area contributed by atoms with E-state index >= 15 is 0 Å². The number of hydrogen-bond donors (Lipinski definition) is 3. The molecule has 0 bridgehead atoms. The highest BCUT2D eigenvalue weighted by molar-refractivity contribution is 5.81. The van der Waals surface area contributed by atoms with Crippen LogP contribution in [-0.2, 0) is 0 Å². The third-order valence-corrected chi connectivity index (χ3v) is 2.96. The maximum absolute atomic E-state index is 5.70. The second kappa shape index (κ2) is 3.96. The van der Waals surface area contributed by atoms with Crippen molar-refractivity contribution in [1.82, 2.24) is 10.6 Å². The Hall–Kier alpha value is -0.770. The van der Waals surface area contributed by atoms with E-state index in [-0.39, 0.29) is 0 Å². The molecule has 2 unspecified atom stereocenters. The van der Waals surface area contributed by atoms with Crippen LogP contribution in [0.2, 0.25) is 0 Å². The molecule has 4 heteroatoms. The molecular formula is C9H18N4. The molecule has 0 aromatic heterocycles. The molecule has 0 aromatic rings. The number of nitrogens with zero attached hydrogens (tertiary/aromatic N) is 1. The monoisotopic (exact) mass is 182 g/mol. The van der Waals surface area contributed by atoms with Gasteiger partial charge in [-0.05, 0) is 25.3 Å². The Morgan fingerprint density at radius 1 is 1.54 bits per heavy atom. The largest absolute Gasteiger partial charge is 0.355 e. The first-order valence-electron chi connectivity index (χ1n) is 5.15. The summed E-state index contributed by atoms with van der Waals surface area (Å²) in [5, 5.41) is 6.66. The molecule has 0 spiro atoms. The summed E-state index contributed by atoms with van der Waals surface area (Å²) in [6.07, 6.45) is 3.80. The highest BCUT2D eigenvalue weighted by Crippen LogP contribution is 2.24. The van der Waals surface area contributed by atoms with Crippen LogP contribution in [0, 0.1) is 5.92 Å². The van der Waals surface area contributed by atoms with Gasteiger partial charge in [0.2, 0.25) is 0 Å². The first kappa shape index (κ1) is 8.81. The molecular weight excluding hydrogens is 164 g/mol. The van der Waals surface area contributed by atoms with Gasteiger partial charge < -0.3 is 16.4 Å². The van der Waals surface area contributed by atoms with Gasteiger partial charge in [-0.15, -0.1) is 0 Å². The van der Waals surface area contributed by atoms with Crippen LogP contribution in [0.5, 0.6) is 0 Å². The zero-order chi connectivity index (χ0) is 9.10. The minimum Gasteiger partial charge on any atom is -0.355 e. The molecule has 2 atom stereocenters. The first-order valence-corrected chi connectivity index (χ1v) is 5.15.